The fraction of sp³-hybridized carbons (Fsp3) is 0.300. The van der Waals surface area contributed by atoms with E-state index in [0.717, 1.165) is 29.9 Å². The number of amides is 1. The Labute approximate surface area is 158 Å². The highest BCUT2D eigenvalue weighted by molar-refractivity contribution is 5.91. The Balaban J connectivity index is 1.42. The Bertz CT molecular complexity index is 910. The molecule has 0 fully saturated rings. The number of nitrogens with zero attached hydrogens (tertiary/aromatic N) is 5. The average molecular weight is 364 g/mol. The summed E-state index contributed by atoms with van der Waals surface area (Å²) in [5.74, 6) is -0.207. The highest BCUT2D eigenvalue weighted by atomic mass is 16.2. The second kappa shape index (κ2) is 8.93. The molecule has 2 heterocycles. The van der Waals surface area contributed by atoms with E-state index in [4.69, 9.17) is 0 Å². The van der Waals surface area contributed by atoms with Gasteiger partial charge in [0.1, 0.15) is 0 Å². The predicted molar refractivity (Wildman–Crippen MR) is 104 cm³/mol. The van der Waals surface area contributed by atoms with Crippen LogP contribution in [-0.4, -0.2) is 37.2 Å². The number of aromatic nitrogens is 5. The molecule has 0 unspecified atom stereocenters. The molecule has 0 aliphatic carbocycles. The van der Waals surface area contributed by atoms with Crippen molar-refractivity contribution in [1.82, 2.24) is 30.1 Å². The number of hydrogen-bond acceptors (Lipinski definition) is 4. The number of carbonyl (C=O) groups is 1. The van der Waals surface area contributed by atoms with Gasteiger partial charge in [-0.1, -0.05) is 47.7 Å². The van der Waals surface area contributed by atoms with Gasteiger partial charge in [-0.15, -0.1) is 5.10 Å². The minimum Gasteiger partial charge on any atom is -0.351 e. The molecule has 0 atom stereocenters. The van der Waals surface area contributed by atoms with Crippen LogP contribution in [0.3, 0.4) is 0 Å². The lowest BCUT2D eigenvalue weighted by Crippen LogP contribution is -2.25. The van der Waals surface area contributed by atoms with E-state index < -0.39 is 0 Å². The molecule has 3 rings (SSSR count). The maximum Gasteiger partial charge on any atom is 0.273 e. The molecular weight excluding hydrogens is 340 g/mol. The lowest BCUT2D eigenvalue weighted by molar-refractivity contribution is 0.0947. The molecule has 1 amide bonds. The topological polar surface area (TPSA) is 77.6 Å². The fourth-order valence-corrected chi connectivity index (χ4v) is 2.78. The van der Waals surface area contributed by atoms with Crippen molar-refractivity contribution in [2.75, 3.05) is 6.54 Å². The molecule has 0 aliphatic rings. The van der Waals surface area contributed by atoms with Gasteiger partial charge in [-0.2, -0.15) is 5.10 Å². The van der Waals surface area contributed by atoms with E-state index in [-0.39, 0.29) is 5.91 Å². The number of benzene rings is 1. The van der Waals surface area contributed by atoms with Gasteiger partial charge in [-0.05, 0) is 31.9 Å². The summed E-state index contributed by atoms with van der Waals surface area (Å²) in [4.78, 5) is 12.2. The fourth-order valence-electron chi connectivity index (χ4n) is 2.78. The molecule has 7 nitrogen and oxygen atoms in total. The average Bonchev–Trinajstić information content (AvgIpc) is 3.26. The molecule has 27 heavy (non-hydrogen) atoms. The largest absolute Gasteiger partial charge is 0.351 e. The SMILES string of the molecule is Cc1cc(C)n(CCCNC(=O)c2cn(CC=Cc3ccccc3)nn2)n1. The quantitative estimate of drug-likeness (QED) is 0.623. The van der Waals surface area contributed by atoms with Gasteiger partial charge in [-0.3, -0.25) is 9.48 Å². The number of carbonyl (C=O) groups excluding carboxylic acids is 1. The number of allylic oxidation sites excluding steroid dienone is 1. The van der Waals surface area contributed by atoms with Crippen LogP contribution in [0, 0.1) is 13.8 Å². The van der Waals surface area contributed by atoms with Crippen molar-refractivity contribution in [2.24, 2.45) is 0 Å². The Kier molecular flexibility index (Phi) is 6.14. The Morgan fingerprint density at radius 3 is 2.78 bits per heavy atom. The van der Waals surface area contributed by atoms with Crippen LogP contribution < -0.4 is 5.32 Å². The van der Waals surface area contributed by atoms with Gasteiger partial charge in [-0.25, -0.2) is 4.68 Å². The molecule has 0 saturated heterocycles. The number of aryl methyl sites for hydroxylation is 3. The van der Waals surface area contributed by atoms with Crippen LogP contribution in [-0.2, 0) is 13.1 Å². The van der Waals surface area contributed by atoms with Gasteiger partial charge in [0.2, 0.25) is 0 Å². The zero-order valence-corrected chi connectivity index (χ0v) is 15.7. The zero-order valence-electron chi connectivity index (χ0n) is 15.7. The van der Waals surface area contributed by atoms with Gasteiger partial charge >= 0.3 is 0 Å². The van der Waals surface area contributed by atoms with Crippen molar-refractivity contribution in [2.45, 2.75) is 33.4 Å². The van der Waals surface area contributed by atoms with Crippen molar-refractivity contribution < 1.29 is 4.79 Å². The van der Waals surface area contributed by atoms with Crippen molar-refractivity contribution in [3.8, 4) is 0 Å². The first-order chi connectivity index (χ1) is 13.1. The van der Waals surface area contributed by atoms with Crippen LogP contribution in [0.4, 0.5) is 0 Å². The standard InChI is InChI=1S/C20H24N6O/c1-16-14-17(2)26(23-16)13-7-11-21-20(27)19-15-25(24-22-19)12-6-10-18-8-4-3-5-9-18/h3-6,8-10,14-15H,7,11-13H2,1-2H3,(H,21,27). The summed E-state index contributed by atoms with van der Waals surface area (Å²) in [7, 11) is 0. The highest BCUT2D eigenvalue weighted by Crippen LogP contribution is 2.03. The molecule has 2 aromatic heterocycles. The van der Waals surface area contributed by atoms with E-state index in [9.17, 15) is 4.79 Å². The lowest BCUT2D eigenvalue weighted by atomic mass is 10.2. The Morgan fingerprint density at radius 2 is 2.04 bits per heavy atom. The maximum absolute atomic E-state index is 12.2. The first-order valence-corrected chi connectivity index (χ1v) is 9.03. The summed E-state index contributed by atoms with van der Waals surface area (Å²) >= 11 is 0. The molecule has 0 saturated carbocycles. The van der Waals surface area contributed by atoms with Gasteiger partial charge < -0.3 is 5.32 Å². The predicted octanol–water partition coefficient (Wildman–Crippen LogP) is 2.62. The summed E-state index contributed by atoms with van der Waals surface area (Å²) in [6.07, 6.45) is 6.47. The van der Waals surface area contributed by atoms with Crippen molar-refractivity contribution in [3.05, 3.63) is 71.3 Å². The smallest absolute Gasteiger partial charge is 0.273 e. The third-order valence-corrected chi connectivity index (χ3v) is 4.11. The first kappa shape index (κ1) is 18.6. The van der Waals surface area contributed by atoms with Crippen LogP contribution in [0.2, 0.25) is 0 Å². The monoisotopic (exact) mass is 364 g/mol. The van der Waals surface area contributed by atoms with E-state index in [1.807, 2.05) is 67.1 Å². The van der Waals surface area contributed by atoms with Gasteiger partial charge in [0, 0.05) is 18.8 Å². The summed E-state index contributed by atoms with van der Waals surface area (Å²) in [5.41, 5.74) is 3.59. The minimum atomic E-state index is -0.207. The Hall–Kier alpha value is -3.22. The van der Waals surface area contributed by atoms with E-state index in [2.05, 4.69) is 20.7 Å². The molecule has 3 aromatic rings. The van der Waals surface area contributed by atoms with Crippen LogP contribution in [0.25, 0.3) is 6.08 Å². The third-order valence-electron chi connectivity index (χ3n) is 4.11. The highest BCUT2D eigenvalue weighted by Gasteiger charge is 2.09. The molecule has 0 aliphatic heterocycles. The normalized spacial score (nSPS) is 11.2. The van der Waals surface area contributed by atoms with Crippen LogP contribution in [0.5, 0.6) is 0 Å². The first-order valence-electron chi connectivity index (χ1n) is 9.03. The second-order valence-corrected chi connectivity index (χ2v) is 6.40. The van der Waals surface area contributed by atoms with E-state index in [0.29, 0.717) is 18.8 Å². The number of nitrogens with one attached hydrogen (secondary N) is 1. The van der Waals surface area contributed by atoms with E-state index >= 15 is 0 Å². The minimum absolute atomic E-state index is 0.207. The zero-order chi connectivity index (χ0) is 19.1. The molecule has 140 valence electrons. The molecule has 1 aromatic carbocycles. The van der Waals surface area contributed by atoms with Gasteiger partial charge in [0.05, 0.1) is 18.4 Å². The summed E-state index contributed by atoms with van der Waals surface area (Å²) < 4.78 is 3.60. The number of rotatable bonds is 8. The third kappa shape index (κ3) is 5.37. The maximum atomic E-state index is 12.2. The van der Waals surface area contributed by atoms with Crippen molar-refractivity contribution >= 4 is 12.0 Å². The Morgan fingerprint density at radius 1 is 1.22 bits per heavy atom. The number of hydrogen-bond donors (Lipinski definition) is 1. The van der Waals surface area contributed by atoms with Crippen molar-refractivity contribution in [1.29, 1.82) is 0 Å². The molecular formula is C20H24N6O. The van der Waals surface area contributed by atoms with Crippen molar-refractivity contribution in [3.63, 3.8) is 0 Å². The molecule has 0 spiro atoms. The second-order valence-electron chi connectivity index (χ2n) is 6.40. The van der Waals surface area contributed by atoms with Crippen LogP contribution in [0.15, 0.2) is 48.7 Å². The summed E-state index contributed by atoms with van der Waals surface area (Å²) in [6, 6.07) is 12.1. The lowest BCUT2D eigenvalue weighted by Gasteiger charge is -2.05. The van der Waals surface area contributed by atoms with Gasteiger partial charge in [0.25, 0.3) is 5.91 Å². The van der Waals surface area contributed by atoms with Gasteiger partial charge in [0.15, 0.2) is 5.69 Å². The molecule has 7 heteroatoms. The van der Waals surface area contributed by atoms with E-state index in [1.54, 1.807) is 10.9 Å². The van der Waals surface area contributed by atoms with Crippen LogP contribution >= 0.6 is 0 Å². The summed E-state index contributed by atoms with van der Waals surface area (Å²) in [5, 5.41) is 15.2. The molecule has 0 bridgehead atoms. The summed E-state index contributed by atoms with van der Waals surface area (Å²) in [6.45, 7) is 5.91. The van der Waals surface area contributed by atoms with E-state index in [1.165, 1.54) is 0 Å². The van der Waals surface area contributed by atoms with Crippen LogP contribution in [0.1, 0.15) is 33.9 Å². The molecule has 1 N–H and O–H groups in total. The molecule has 0 radical (unpaired) electrons.